The molecule has 1 heterocycles. The van der Waals surface area contributed by atoms with Gasteiger partial charge in [0.25, 0.3) is 0 Å². The van der Waals surface area contributed by atoms with Crippen LogP contribution in [-0.2, 0) is 0 Å². The van der Waals surface area contributed by atoms with Crippen molar-refractivity contribution in [2.75, 3.05) is 5.73 Å². The fraction of sp³-hybridized carbons (Fsp3) is 0.100. The van der Waals surface area contributed by atoms with Gasteiger partial charge in [-0.1, -0.05) is 23.5 Å². The Morgan fingerprint density at radius 2 is 2.20 bits per heavy atom. The van der Waals surface area contributed by atoms with E-state index in [-0.39, 0.29) is 0 Å². The van der Waals surface area contributed by atoms with Crippen molar-refractivity contribution in [1.29, 1.82) is 5.26 Å². The first-order chi connectivity index (χ1) is 7.20. The predicted molar refractivity (Wildman–Crippen MR) is 59.2 cm³/mol. The molecule has 0 aliphatic carbocycles. The van der Waals surface area contributed by atoms with E-state index < -0.39 is 0 Å². The lowest BCUT2D eigenvalue weighted by atomic mass is 10.1. The van der Waals surface area contributed by atoms with Crippen molar-refractivity contribution in [1.82, 2.24) is 10.2 Å². The average molecular weight is 216 g/mol. The summed E-state index contributed by atoms with van der Waals surface area (Å²) in [7, 11) is 0. The van der Waals surface area contributed by atoms with Gasteiger partial charge in [-0.15, -0.1) is 10.2 Å². The molecule has 0 atom stereocenters. The number of nitrogens with two attached hydrogens (primary N) is 1. The smallest absolute Gasteiger partial charge is 0.203 e. The maximum Gasteiger partial charge on any atom is 0.203 e. The lowest BCUT2D eigenvalue weighted by Gasteiger charge is -1.99. The zero-order valence-electron chi connectivity index (χ0n) is 8.06. The lowest BCUT2D eigenvalue weighted by molar-refractivity contribution is 1.10. The quantitative estimate of drug-likeness (QED) is 0.790. The van der Waals surface area contributed by atoms with Gasteiger partial charge in [0, 0.05) is 5.56 Å². The van der Waals surface area contributed by atoms with E-state index in [1.54, 1.807) is 6.07 Å². The molecule has 0 radical (unpaired) electrons. The maximum absolute atomic E-state index is 8.89. The molecule has 2 N–H and O–H groups in total. The number of benzene rings is 1. The summed E-state index contributed by atoms with van der Waals surface area (Å²) in [5, 5.41) is 17.7. The number of nitriles is 1. The first kappa shape index (κ1) is 9.62. The lowest BCUT2D eigenvalue weighted by Crippen LogP contribution is -1.84. The van der Waals surface area contributed by atoms with Gasteiger partial charge in [0.05, 0.1) is 11.6 Å². The van der Waals surface area contributed by atoms with E-state index in [0.29, 0.717) is 10.7 Å². The van der Waals surface area contributed by atoms with Crippen LogP contribution in [-0.4, -0.2) is 10.2 Å². The number of aromatic nitrogens is 2. The number of nitrogens with zero attached hydrogens (tertiary/aromatic N) is 3. The number of anilines is 1. The van der Waals surface area contributed by atoms with Gasteiger partial charge in [-0.2, -0.15) is 5.26 Å². The molecule has 0 fully saturated rings. The minimum atomic E-state index is 0.434. The first-order valence-electron chi connectivity index (χ1n) is 4.31. The molecule has 4 nitrogen and oxygen atoms in total. The third kappa shape index (κ3) is 1.80. The van der Waals surface area contributed by atoms with Crippen molar-refractivity contribution in [2.24, 2.45) is 0 Å². The van der Waals surface area contributed by atoms with Crippen LogP contribution in [0.2, 0.25) is 0 Å². The molecule has 1 aromatic carbocycles. The highest BCUT2D eigenvalue weighted by atomic mass is 32.1. The Kier molecular flexibility index (Phi) is 2.35. The van der Waals surface area contributed by atoms with Crippen LogP contribution in [0, 0.1) is 18.3 Å². The zero-order chi connectivity index (χ0) is 10.8. The molecule has 0 bridgehead atoms. The molecule has 2 rings (SSSR count). The summed E-state index contributed by atoms with van der Waals surface area (Å²) in [4.78, 5) is 0. The molecule has 0 saturated heterocycles. The van der Waals surface area contributed by atoms with Crippen LogP contribution in [0.3, 0.4) is 0 Å². The second kappa shape index (κ2) is 3.67. The highest BCUT2D eigenvalue weighted by molar-refractivity contribution is 7.18. The molecule has 0 saturated carbocycles. The van der Waals surface area contributed by atoms with E-state index >= 15 is 0 Å². The predicted octanol–water partition coefficient (Wildman–Crippen LogP) is 1.97. The Labute approximate surface area is 91.0 Å². The molecule has 15 heavy (non-hydrogen) atoms. The van der Waals surface area contributed by atoms with E-state index in [9.17, 15) is 0 Å². The van der Waals surface area contributed by atoms with Gasteiger partial charge in [-0.25, -0.2) is 0 Å². The van der Waals surface area contributed by atoms with E-state index in [4.69, 9.17) is 11.0 Å². The number of nitrogen functional groups attached to an aromatic ring is 1. The molecule has 5 heteroatoms. The van der Waals surface area contributed by atoms with Crippen molar-refractivity contribution >= 4 is 16.5 Å². The van der Waals surface area contributed by atoms with Gasteiger partial charge in [-0.05, 0) is 18.6 Å². The van der Waals surface area contributed by atoms with Gasteiger partial charge in [0.15, 0.2) is 0 Å². The number of rotatable bonds is 1. The van der Waals surface area contributed by atoms with Crippen molar-refractivity contribution in [3.05, 3.63) is 29.3 Å². The fourth-order valence-corrected chi connectivity index (χ4v) is 1.83. The Balaban J connectivity index is 2.51. The molecule has 0 unspecified atom stereocenters. The zero-order valence-corrected chi connectivity index (χ0v) is 8.88. The van der Waals surface area contributed by atoms with E-state index in [1.165, 1.54) is 11.3 Å². The topological polar surface area (TPSA) is 75.6 Å². The van der Waals surface area contributed by atoms with E-state index in [2.05, 4.69) is 16.3 Å². The van der Waals surface area contributed by atoms with Crippen molar-refractivity contribution in [2.45, 2.75) is 6.92 Å². The third-order valence-corrected chi connectivity index (χ3v) is 2.85. The Morgan fingerprint density at radius 1 is 1.40 bits per heavy atom. The molecule has 0 aliphatic heterocycles. The number of aryl methyl sites for hydroxylation is 1. The summed E-state index contributed by atoms with van der Waals surface area (Å²) in [6, 6.07) is 7.75. The van der Waals surface area contributed by atoms with Crippen molar-refractivity contribution < 1.29 is 0 Å². The highest BCUT2D eigenvalue weighted by Crippen LogP contribution is 2.26. The van der Waals surface area contributed by atoms with Crippen LogP contribution in [0.25, 0.3) is 10.6 Å². The van der Waals surface area contributed by atoms with Gasteiger partial charge < -0.3 is 5.73 Å². The largest absolute Gasteiger partial charge is 0.374 e. The molecular formula is C10H8N4S. The second-order valence-electron chi connectivity index (χ2n) is 3.09. The summed E-state index contributed by atoms with van der Waals surface area (Å²) < 4.78 is 0. The van der Waals surface area contributed by atoms with Crippen LogP contribution in [0.15, 0.2) is 18.2 Å². The molecule has 0 amide bonds. The van der Waals surface area contributed by atoms with Crippen molar-refractivity contribution in [3.8, 4) is 16.6 Å². The molecule has 0 aliphatic rings. The van der Waals surface area contributed by atoms with Crippen LogP contribution < -0.4 is 5.73 Å². The van der Waals surface area contributed by atoms with Gasteiger partial charge in [0.1, 0.15) is 5.01 Å². The van der Waals surface area contributed by atoms with Crippen molar-refractivity contribution in [3.63, 3.8) is 0 Å². The van der Waals surface area contributed by atoms with E-state index in [0.717, 1.165) is 16.1 Å². The summed E-state index contributed by atoms with van der Waals surface area (Å²) in [6.07, 6.45) is 0. The van der Waals surface area contributed by atoms with Crippen LogP contribution in [0.4, 0.5) is 5.13 Å². The minimum absolute atomic E-state index is 0.434. The fourth-order valence-electron chi connectivity index (χ4n) is 1.23. The summed E-state index contributed by atoms with van der Waals surface area (Å²) in [5.74, 6) is 0. The molecule has 2 aromatic rings. The normalized spacial score (nSPS) is 9.87. The summed E-state index contributed by atoms with van der Waals surface area (Å²) in [5.41, 5.74) is 7.99. The number of hydrogen-bond acceptors (Lipinski definition) is 5. The SMILES string of the molecule is Cc1ccc(-c2nnc(N)s2)cc1C#N. The Hall–Kier alpha value is -1.93. The van der Waals surface area contributed by atoms with Crippen LogP contribution >= 0.6 is 11.3 Å². The molecule has 74 valence electrons. The van der Waals surface area contributed by atoms with Gasteiger partial charge in [-0.3, -0.25) is 0 Å². The summed E-state index contributed by atoms with van der Waals surface area (Å²) >= 11 is 1.31. The molecule has 0 spiro atoms. The van der Waals surface area contributed by atoms with Crippen LogP contribution in [0.5, 0.6) is 0 Å². The van der Waals surface area contributed by atoms with Gasteiger partial charge >= 0.3 is 0 Å². The second-order valence-corrected chi connectivity index (χ2v) is 4.10. The minimum Gasteiger partial charge on any atom is -0.374 e. The molecule has 1 aromatic heterocycles. The highest BCUT2D eigenvalue weighted by Gasteiger charge is 2.06. The standard InChI is InChI=1S/C10H8N4S/c1-6-2-3-7(4-8(6)5-11)9-13-14-10(12)15-9/h2-4H,1H3,(H2,12,14). The Morgan fingerprint density at radius 3 is 2.80 bits per heavy atom. The van der Waals surface area contributed by atoms with Crippen LogP contribution in [0.1, 0.15) is 11.1 Å². The van der Waals surface area contributed by atoms with E-state index in [1.807, 2.05) is 19.1 Å². The monoisotopic (exact) mass is 216 g/mol. The Bertz CT molecular complexity index is 539. The summed E-state index contributed by atoms with van der Waals surface area (Å²) in [6.45, 7) is 1.90. The maximum atomic E-state index is 8.89. The third-order valence-electron chi connectivity index (χ3n) is 2.05. The molecular weight excluding hydrogens is 208 g/mol. The first-order valence-corrected chi connectivity index (χ1v) is 5.12. The van der Waals surface area contributed by atoms with Gasteiger partial charge in [0.2, 0.25) is 5.13 Å². The average Bonchev–Trinajstić information content (AvgIpc) is 2.66. The number of hydrogen-bond donors (Lipinski definition) is 1.